The van der Waals surface area contributed by atoms with Gasteiger partial charge in [0.15, 0.2) is 0 Å². The summed E-state index contributed by atoms with van der Waals surface area (Å²) >= 11 is 0. The normalized spacial score (nSPS) is 12.1. The van der Waals surface area contributed by atoms with Crippen LogP contribution in [0.25, 0.3) is 0 Å². The zero-order valence-electron chi connectivity index (χ0n) is 22.5. The fourth-order valence-corrected chi connectivity index (χ4v) is 18.8. The average Bonchev–Trinajstić information content (AvgIpc) is 3.05. The van der Waals surface area contributed by atoms with Gasteiger partial charge in [0, 0.05) is 16.5 Å². The minimum atomic E-state index is -3.29. The Morgan fingerprint density at radius 3 is 0.585 bits per heavy atom. The zero-order chi connectivity index (χ0) is 27.3. The first-order valence-electron chi connectivity index (χ1n) is 13.7. The van der Waals surface area contributed by atoms with Crippen molar-refractivity contribution < 1.29 is 21.3 Å². The molecule has 0 aromatic heterocycles. The van der Waals surface area contributed by atoms with Crippen LogP contribution >= 0.6 is 14.5 Å². The van der Waals surface area contributed by atoms with Crippen molar-refractivity contribution >= 4 is 51.6 Å². The van der Waals surface area contributed by atoms with Crippen molar-refractivity contribution in [3.8, 4) is 0 Å². The van der Waals surface area contributed by atoms with Crippen LogP contribution in [0.5, 0.6) is 0 Å². The SMILES string of the molecule is O=C([PH](c1ccccc1)(c1ccccc1)c1ccccc1)[PH](c1ccccc1)(c1ccccc1)c1ccccc1.[Ni]. The maximum absolute atomic E-state index is 16.4. The fraction of sp³-hybridized carbons (Fsp3) is 0. The summed E-state index contributed by atoms with van der Waals surface area (Å²) < 4.78 is 0. The first-order valence-corrected chi connectivity index (χ1v) is 17.7. The summed E-state index contributed by atoms with van der Waals surface area (Å²) in [6.07, 6.45) is 0. The Morgan fingerprint density at radius 2 is 0.439 bits per heavy atom. The predicted octanol–water partition coefficient (Wildman–Crippen LogP) is 6.56. The van der Waals surface area contributed by atoms with Crippen molar-refractivity contribution in [1.29, 1.82) is 0 Å². The number of benzene rings is 6. The van der Waals surface area contributed by atoms with Crippen LogP contribution in [0.15, 0.2) is 182 Å². The topological polar surface area (TPSA) is 17.1 Å². The van der Waals surface area contributed by atoms with Gasteiger partial charge in [-0.3, -0.25) is 0 Å². The minimum Gasteiger partial charge on any atom is 0 e. The molecule has 0 radical (unpaired) electrons. The second-order valence-electron chi connectivity index (χ2n) is 10.0. The Labute approximate surface area is 253 Å². The summed E-state index contributed by atoms with van der Waals surface area (Å²) in [5.41, 5.74) is 0. The first-order chi connectivity index (χ1) is 19.8. The molecule has 0 saturated carbocycles. The third-order valence-electron chi connectivity index (χ3n) is 7.92. The van der Waals surface area contributed by atoms with E-state index in [1.54, 1.807) is 0 Å². The summed E-state index contributed by atoms with van der Waals surface area (Å²) in [6, 6.07) is 63.2. The van der Waals surface area contributed by atoms with Gasteiger partial charge in [0.1, 0.15) is 0 Å². The molecule has 0 N–H and O–H groups in total. The van der Waals surface area contributed by atoms with E-state index in [1.165, 1.54) is 0 Å². The van der Waals surface area contributed by atoms with Crippen LogP contribution in [-0.2, 0) is 16.5 Å². The predicted molar refractivity (Wildman–Crippen MR) is 178 cm³/mol. The molecule has 0 unspecified atom stereocenters. The van der Waals surface area contributed by atoms with Gasteiger partial charge in [-0.05, 0) is 0 Å². The summed E-state index contributed by atoms with van der Waals surface area (Å²) in [5.74, 6) is 0. The van der Waals surface area contributed by atoms with Crippen molar-refractivity contribution in [3.63, 3.8) is 0 Å². The molecule has 0 aliphatic rings. The van der Waals surface area contributed by atoms with E-state index in [0.717, 1.165) is 31.8 Å². The van der Waals surface area contributed by atoms with Crippen LogP contribution in [0.4, 0.5) is 4.79 Å². The molecule has 4 heteroatoms. The van der Waals surface area contributed by atoms with Crippen LogP contribution in [-0.4, -0.2) is 5.27 Å². The van der Waals surface area contributed by atoms with Crippen molar-refractivity contribution in [1.82, 2.24) is 0 Å². The first kappa shape index (κ1) is 28.9. The van der Waals surface area contributed by atoms with Gasteiger partial charge < -0.3 is 0 Å². The van der Waals surface area contributed by atoms with E-state index in [4.69, 9.17) is 0 Å². The number of carbonyl (C=O) groups excluding carboxylic acids is 1. The quantitative estimate of drug-likeness (QED) is 0.141. The van der Waals surface area contributed by atoms with Gasteiger partial charge in [-0.1, -0.05) is 0 Å². The molecule has 0 fully saturated rings. The summed E-state index contributed by atoms with van der Waals surface area (Å²) in [7, 11) is -6.58. The van der Waals surface area contributed by atoms with Gasteiger partial charge in [-0.2, -0.15) is 0 Å². The molecule has 6 aromatic carbocycles. The molecule has 6 rings (SSSR count). The molecule has 0 aliphatic carbocycles. The Hall–Kier alpha value is -3.66. The van der Waals surface area contributed by atoms with Gasteiger partial charge >= 0.3 is 238 Å². The van der Waals surface area contributed by atoms with Crippen molar-refractivity contribution in [2.24, 2.45) is 0 Å². The second kappa shape index (κ2) is 12.9. The van der Waals surface area contributed by atoms with E-state index in [2.05, 4.69) is 146 Å². The molecular formula is C37H32NiOP2. The molecule has 0 aliphatic heterocycles. The van der Waals surface area contributed by atoms with Crippen molar-refractivity contribution in [2.45, 2.75) is 0 Å². The Bertz CT molecular complexity index is 1360. The van der Waals surface area contributed by atoms with E-state index in [0.29, 0.717) is 5.27 Å². The average molecular weight is 613 g/mol. The van der Waals surface area contributed by atoms with Gasteiger partial charge in [-0.15, -0.1) is 0 Å². The van der Waals surface area contributed by atoms with Gasteiger partial charge in [0.2, 0.25) is 0 Å². The van der Waals surface area contributed by atoms with Gasteiger partial charge in [0.05, 0.1) is 0 Å². The van der Waals surface area contributed by atoms with Crippen LogP contribution < -0.4 is 31.8 Å². The third-order valence-corrected chi connectivity index (χ3v) is 18.7. The van der Waals surface area contributed by atoms with Crippen molar-refractivity contribution in [2.75, 3.05) is 0 Å². The van der Waals surface area contributed by atoms with Crippen LogP contribution in [0.3, 0.4) is 0 Å². The van der Waals surface area contributed by atoms with E-state index in [1.807, 2.05) is 36.4 Å². The number of carbonyl (C=O) groups is 1. The molecular weight excluding hydrogens is 581 g/mol. The molecule has 0 heterocycles. The molecule has 41 heavy (non-hydrogen) atoms. The summed E-state index contributed by atoms with van der Waals surface area (Å²) in [5, 5.41) is 7.00. The second-order valence-corrected chi connectivity index (χ2v) is 17.9. The molecule has 0 atom stereocenters. The van der Waals surface area contributed by atoms with Crippen molar-refractivity contribution in [3.05, 3.63) is 182 Å². The molecule has 0 saturated heterocycles. The maximum Gasteiger partial charge on any atom is 0 e. The summed E-state index contributed by atoms with van der Waals surface area (Å²) in [4.78, 5) is 16.4. The third kappa shape index (κ3) is 5.03. The van der Waals surface area contributed by atoms with Crippen LogP contribution in [0, 0.1) is 0 Å². The van der Waals surface area contributed by atoms with E-state index in [-0.39, 0.29) is 16.5 Å². The monoisotopic (exact) mass is 612 g/mol. The molecule has 0 spiro atoms. The largest absolute Gasteiger partial charge is 0 e. The van der Waals surface area contributed by atoms with E-state index in [9.17, 15) is 0 Å². The fourth-order valence-electron chi connectivity index (χ4n) is 6.20. The number of rotatable bonds is 8. The van der Waals surface area contributed by atoms with Gasteiger partial charge in [-0.25, -0.2) is 0 Å². The van der Waals surface area contributed by atoms with E-state index < -0.39 is 14.5 Å². The Morgan fingerprint density at radius 1 is 0.293 bits per heavy atom. The standard InChI is InChI=1S/C37H32OP2.Ni/c38-37(39(31-19-7-1-8-20-31,32-21-9-2-10-22-32)33-23-11-3-12-24-33)40(34-25-13-4-14-26-34,35-27-15-5-16-28-35)36-29-17-6-18-30-36;/h1-30,39-40H;. The minimum absolute atomic E-state index is 0. The van der Waals surface area contributed by atoms with Crippen LogP contribution in [0.1, 0.15) is 0 Å². The molecule has 0 amide bonds. The summed E-state index contributed by atoms with van der Waals surface area (Å²) in [6.45, 7) is 0. The maximum atomic E-state index is 16.4. The zero-order valence-corrected chi connectivity index (χ0v) is 25.5. The smallest absolute Gasteiger partial charge is 0 e. The van der Waals surface area contributed by atoms with Crippen LogP contribution in [0.2, 0.25) is 0 Å². The van der Waals surface area contributed by atoms with E-state index >= 15 is 4.79 Å². The number of hydrogen-bond donors (Lipinski definition) is 0. The molecule has 206 valence electrons. The Balaban J connectivity index is 0.00000337. The number of hydrogen-bond acceptors (Lipinski definition) is 1. The molecule has 6 aromatic rings. The molecule has 0 bridgehead atoms. The molecule has 1 nitrogen and oxygen atoms in total. The Kier molecular flexibility index (Phi) is 9.07. The van der Waals surface area contributed by atoms with Gasteiger partial charge in [0.25, 0.3) is 0 Å².